The zero-order valence-electron chi connectivity index (χ0n) is 20.3. The highest BCUT2D eigenvalue weighted by Gasteiger charge is 2.37. The van der Waals surface area contributed by atoms with Gasteiger partial charge in [-0.1, -0.05) is 55.8 Å². The third-order valence-corrected chi connectivity index (χ3v) is 6.76. The van der Waals surface area contributed by atoms with Gasteiger partial charge in [0.05, 0.1) is 30.8 Å². The van der Waals surface area contributed by atoms with Crippen molar-refractivity contribution in [3.63, 3.8) is 0 Å². The number of para-hydroxylation sites is 1. The van der Waals surface area contributed by atoms with Crippen LogP contribution in [0.3, 0.4) is 0 Å². The molecular weight excluding hydrogens is 440 g/mol. The van der Waals surface area contributed by atoms with Crippen molar-refractivity contribution in [2.24, 2.45) is 5.41 Å². The molecule has 35 heavy (non-hydrogen) atoms. The molecule has 2 aromatic carbocycles. The van der Waals surface area contributed by atoms with Crippen molar-refractivity contribution in [2.45, 2.75) is 32.9 Å². The van der Waals surface area contributed by atoms with E-state index in [0.29, 0.717) is 19.8 Å². The fourth-order valence-electron chi connectivity index (χ4n) is 4.75. The maximum atomic E-state index is 9.66. The fraction of sp³-hybridized carbons (Fsp3) is 0.407. The van der Waals surface area contributed by atoms with Crippen LogP contribution in [0, 0.1) is 5.41 Å². The van der Waals surface area contributed by atoms with E-state index in [1.807, 2.05) is 6.07 Å². The molecule has 2 aromatic heterocycles. The van der Waals surface area contributed by atoms with Crippen molar-refractivity contribution in [2.75, 3.05) is 44.0 Å². The lowest BCUT2D eigenvalue weighted by Crippen LogP contribution is -2.52. The molecule has 0 saturated carbocycles. The summed E-state index contributed by atoms with van der Waals surface area (Å²) in [5.74, 6) is 1.07. The first-order valence-corrected chi connectivity index (χ1v) is 12.4. The minimum Gasteiger partial charge on any atom is -0.396 e. The highest BCUT2D eigenvalue weighted by Crippen LogP contribution is 2.33. The first kappa shape index (κ1) is 23.5. The number of benzene rings is 2. The number of rotatable bonds is 11. The van der Waals surface area contributed by atoms with Crippen LogP contribution in [0.1, 0.15) is 30.9 Å². The number of hydrogen-bond acceptors (Lipinski definition) is 7. The predicted octanol–water partition coefficient (Wildman–Crippen LogP) is 3.53. The monoisotopic (exact) mass is 474 g/mol. The number of aliphatic hydroxyl groups excluding tert-OH is 1. The number of ether oxygens (including phenoxy) is 1. The lowest BCUT2D eigenvalue weighted by atomic mass is 9.87. The molecule has 184 valence electrons. The lowest BCUT2D eigenvalue weighted by molar-refractivity contribution is -0.134. The summed E-state index contributed by atoms with van der Waals surface area (Å²) in [4.78, 5) is 9.19. The van der Waals surface area contributed by atoms with Crippen LogP contribution in [0.5, 0.6) is 0 Å². The number of aliphatic hydroxyl groups is 1. The largest absolute Gasteiger partial charge is 0.396 e. The van der Waals surface area contributed by atoms with Crippen molar-refractivity contribution >= 4 is 33.7 Å². The molecule has 8 nitrogen and oxygen atoms in total. The molecule has 3 heterocycles. The second-order valence-corrected chi connectivity index (χ2v) is 9.59. The summed E-state index contributed by atoms with van der Waals surface area (Å²) in [6, 6.07) is 16.9. The summed E-state index contributed by atoms with van der Waals surface area (Å²) in [5.41, 5.74) is 11.3. The standard InChI is InChI=1S/C27H34N6O2/c1-2-3-11-30-25-24-23(31-26(28)32-25)21-9-4-5-10-22(21)33(24)14-20-8-6-7-19(12-20)13-29-15-27(16-34)17-35-18-27/h4-10,12,29,34H,2-3,11,13-18H2,1H3,(H3,28,30,31,32). The molecule has 1 saturated heterocycles. The van der Waals surface area contributed by atoms with Crippen molar-refractivity contribution in [1.29, 1.82) is 0 Å². The Bertz CT molecular complexity index is 1310. The van der Waals surface area contributed by atoms with E-state index in [1.54, 1.807) is 0 Å². The second-order valence-electron chi connectivity index (χ2n) is 9.59. The van der Waals surface area contributed by atoms with E-state index < -0.39 is 0 Å². The van der Waals surface area contributed by atoms with Crippen molar-refractivity contribution in [3.05, 3.63) is 59.7 Å². The molecule has 5 rings (SSSR count). The average molecular weight is 475 g/mol. The first-order valence-electron chi connectivity index (χ1n) is 12.4. The number of nitrogens with one attached hydrogen (secondary N) is 2. The summed E-state index contributed by atoms with van der Waals surface area (Å²) in [7, 11) is 0. The van der Waals surface area contributed by atoms with Gasteiger partial charge in [-0.15, -0.1) is 0 Å². The lowest BCUT2D eigenvalue weighted by Gasteiger charge is -2.40. The molecule has 0 spiro atoms. The van der Waals surface area contributed by atoms with Gasteiger partial charge in [0.2, 0.25) is 5.95 Å². The number of nitrogen functional groups attached to an aromatic ring is 1. The van der Waals surface area contributed by atoms with Gasteiger partial charge >= 0.3 is 0 Å². The molecule has 1 fully saturated rings. The quantitative estimate of drug-likeness (QED) is 0.246. The SMILES string of the molecule is CCCCNc1nc(N)nc2c3ccccc3n(Cc3cccc(CNCC4(CO)COC4)c3)c12. The van der Waals surface area contributed by atoms with Crippen LogP contribution in [0.25, 0.3) is 21.9 Å². The Kier molecular flexibility index (Phi) is 6.86. The van der Waals surface area contributed by atoms with Gasteiger partial charge in [0.15, 0.2) is 5.82 Å². The van der Waals surface area contributed by atoms with E-state index in [-0.39, 0.29) is 18.0 Å². The summed E-state index contributed by atoms with van der Waals surface area (Å²) in [5, 5.41) is 17.7. The molecule has 0 atom stereocenters. The van der Waals surface area contributed by atoms with Crippen LogP contribution in [0.2, 0.25) is 0 Å². The number of fused-ring (bicyclic) bond motifs is 3. The van der Waals surface area contributed by atoms with Crippen molar-refractivity contribution in [1.82, 2.24) is 19.9 Å². The van der Waals surface area contributed by atoms with E-state index in [0.717, 1.165) is 60.2 Å². The highest BCUT2D eigenvalue weighted by atomic mass is 16.5. The number of aromatic nitrogens is 3. The minimum atomic E-state index is -0.135. The Morgan fingerprint density at radius 2 is 1.94 bits per heavy atom. The molecule has 0 radical (unpaired) electrons. The topological polar surface area (TPSA) is 110 Å². The van der Waals surface area contributed by atoms with E-state index in [4.69, 9.17) is 10.5 Å². The summed E-state index contributed by atoms with van der Waals surface area (Å²) in [6.07, 6.45) is 2.16. The molecular formula is C27H34N6O2. The Labute approximate surface area is 205 Å². The highest BCUT2D eigenvalue weighted by molar-refractivity contribution is 6.09. The van der Waals surface area contributed by atoms with E-state index in [2.05, 4.69) is 74.6 Å². The van der Waals surface area contributed by atoms with Crippen LogP contribution < -0.4 is 16.4 Å². The molecule has 0 bridgehead atoms. The van der Waals surface area contributed by atoms with Gasteiger partial charge in [-0.05, 0) is 23.6 Å². The van der Waals surface area contributed by atoms with E-state index in [9.17, 15) is 5.11 Å². The number of hydrogen-bond donors (Lipinski definition) is 4. The van der Waals surface area contributed by atoms with Crippen LogP contribution in [0.4, 0.5) is 11.8 Å². The summed E-state index contributed by atoms with van der Waals surface area (Å²) < 4.78 is 7.59. The minimum absolute atomic E-state index is 0.135. The number of anilines is 2. The Hall–Kier alpha value is -3.20. The molecule has 8 heteroatoms. The maximum Gasteiger partial charge on any atom is 0.222 e. The normalized spacial score (nSPS) is 14.9. The van der Waals surface area contributed by atoms with E-state index in [1.165, 1.54) is 11.1 Å². The third-order valence-electron chi connectivity index (χ3n) is 6.76. The molecule has 1 aliphatic heterocycles. The van der Waals surface area contributed by atoms with Crippen LogP contribution >= 0.6 is 0 Å². The Morgan fingerprint density at radius 3 is 2.71 bits per heavy atom. The molecule has 1 aliphatic rings. The van der Waals surface area contributed by atoms with Crippen LogP contribution in [-0.2, 0) is 17.8 Å². The van der Waals surface area contributed by atoms with Gasteiger partial charge in [-0.25, -0.2) is 4.98 Å². The van der Waals surface area contributed by atoms with Crippen LogP contribution in [0.15, 0.2) is 48.5 Å². The zero-order chi connectivity index (χ0) is 24.3. The summed E-state index contributed by atoms with van der Waals surface area (Å²) >= 11 is 0. The molecule has 5 N–H and O–H groups in total. The molecule has 4 aromatic rings. The van der Waals surface area contributed by atoms with Gasteiger partial charge in [0, 0.05) is 31.6 Å². The van der Waals surface area contributed by atoms with Crippen molar-refractivity contribution in [3.8, 4) is 0 Å². The first-order chi connectivity index (χ1) is 17.1. The maximum absolute atomic E-state index is 9.66. The van der Waals surface area contributed by atoms with Gasteiger partial charge in [0.25, 0.3) is 0 Å². The van der Waals surface area contributed by atoms with Gasteiger partial charge in [-0.3, -0.25) is 0 Å². The molecule has 0 amide bonds. The number of nitrogens with two attached hydrogens (primary N) is 1. The summed E-state index contributed by atoms with van der Waals surface area (Å²) in [6.45, 7) is 6.58. The van der Waals surface area contributed by atoms with Crippen molar-refractivity contribution < 1.29 is 9.84 Å². The number of nitrogens with zero attached hydrogens (tertiary/aromatic N) is 3. The van der Waals surface area contributed by atoms with Gasteiger partial charge < -0.3 is 30.8 Å². The molecule has 0 aliphatic carbocycles. The average Bonchev–Trinajstić information content (AvgIpc) is 3.15. The van der Waals surface area contributed by atoms with Gasteiger partial charge in [-0.2, -0.15) is 4.98 Å². The zero-order valence-corrected chi connectivity index (χ0v) is 20.3. The number of unbranched alkanes of at least 4 members (excludes halogenated alkanes) is 1. The fourth-order valence-corrected chi connectivity index (χ4v) is 4.75. The Balaban J connectivity index is 1.45. The van der Waals surface area contributed by atoms with Gasteiger partial charge in [0.1, 0.15) is 11.0 Å². The van der Waals surface area contributed by atoms with Crippen LogP contribution in [-0.4, -0.2) is 52.6 Å². The Morgan fingerprint density at radius 1 is 1.11 bits per heavy atom. The second kappa shape index (κ2) is 10.2. The van der Waals surface area contributed by atoms with E-state index >= 15 is 0 Å². The third kappa shape index (κ3) is 4.82. The molecule has 0 unspecified atom stereocenters. The predicted molar refractivity (Wildman–Crippen MR) is 140 cm³/mol. The smallest absolute Gasteiger partial charge is 0.222 e.